The number of ether oxygens (including phenoxy) is 1. The Bertz CT molecular complexity index is 897. The zero-order valence-electron chi connectivity index (χ0n) is 13.2. The number of halogens is 1. The Labute approximate surface area is 151 Å². The van der Waals surface area contributed by atoms with Crippen molar-refractivity contribution in [3.05, 3.63) is 58.6 Å². The van der Waals surface area contributed by atoms with Gasteiger partial charge in [0.2, 0.25) is 15.9 Å². The summed E-state index contributed by atoms with van der Waals surface area (Å²) in [5.41, 5.74) is 1.69. The van der Waals surface area contributed by atoms with Crippen LogP contribution in [0, 0.1) is 5.92 Å². The summed E-state index contributed by atoms with van der Waals surface area (Å²) in [6.07, 6.45) is 0.562. The Hall–Kier alpha value is -2.09. The highest BCUT2D eigenvalue weighted by Gasteiger charge is 2.26. The van der Waals surface area contributed by atoms with E-state index in [4.69, 9.17) is 21.5 Å². The molecule has 2 aromatic rings. The van der Waals surface area contributed by atoms with E-state index in [0.29, 0.717) is 24.6 Å². The molecule has 3 rings (SSSR count). The van der Waals surface area contributed by atoms with Crippen LogP contribution in [0.25, 0.3) is 0 Å². The van der Waals surface area contributed by atoms with Gasteiger partial charge in [0.25, 0.3) is 0 Å². The predicted octanol–water partition coefficient (Wildman–Crippen LogP) is 1.85. The number of amides is 1. The monoisotopic (exact) mass is 380 g/mol. The third kappa shape index (κ3) is 4.31. The van der Waals surface area contributed by atoms with E-state index in [-0.39, 0.29) is 16.7 Å². The molecular weight excluding hydrogens is 364 g/mol. The summed E-state index contributed by atoms with van der Waals surface area (Å²) in [6.45, 7) is 0.605. The molecule has 1 aliphatic heterocycles. The molecule has 0 spiro atoms. The number of carbonyl (C=O) groups is 1. The maximum absolute atomic E-state index is 12.4. The van der Waals surface area contributed by atoms with Crippen LogP contribution in [0.5, 0.6) is 5.75 Å². The fraction of sp³-hybridized carbons (Fsp3) is 0.235. The third-order valence-corrected chi connectivity index (χ3v) is 5.18. The van der Waals surface area contributed by atoms with Gasteiger partial charge in [-0.3, -0.25) is 4.79 Å². The number of nitrogens with two attached hydrogens (primary N) is 1. The van der Waals surface area contributed by atoms with Gasteiger partial charge in [0.15, 0.2) is 0 Å². The second-order valence-electron chi connectivity index (χ2n) is 5.87. The van der Waals surface area contributed by atoms with Gasteiger partial charge in [0, 0.05) is 11.6 Å². The first kappa shape index (κ1) is 17.7. The highest BCUT2D eigenvalue weighted by molar-refractivity contribution is 7.89. The molecule has 0 aromatic heterocycles. The molecule has 0 unspecified atom stereocenters. The molecule has 0 radical (unpaired) electrons. The highest BCUT2D eigenvalue weighted by Crippen LogP contribution is 2.29. The quantitative estimate of drug-likeness (QED) is 0.845. The van der Waals surface area contributed by atoms with Crippen LogP contribution in [0.3, 0.4) is 0 Å². The van der Waals surface area contributed by atoms with Gasteiger partial charge < -0.3 is 10.1 Å². The Morgan fingerprint density at radius 1 is 1.24 bits per heavy atom. The molecule has 0 fully saturated rings. The first-order chi connectivity index (χ1) is 11.8. The molecule has 1 heterocycles. The SMILES string of the molecule is NS(=O)(=O)c1ccc(CNC(=O)[C@@H]2COc3ccc(Cl)cc3C2)cc1. The van der Waals surface area contributed by atoms with Gasteiger partial charge in [-0.1, -0.05) is 23.7 Å². The second-order valence-corrected chi connectivity index (χ2v) is 7.87. The number of hydrogen-bond acceptors (Lipinski definition) is 4. The molecule has 1 atom stereocenters. The molecule has 0 aliphatic carbocycles. The molecule has 2 aromatic carbocycles. The van der Waals surface area contributed by atoms with Crippen molar-refractivity contribution in [1.29, 1.82) is 0 Å². The summed E-state index contributed by atoms with van der Waals surface area (Å²) in [6, 6.07) is 11.4. The molecule has 25 heavy (non-hydrogen) atoms. The maximum atomic E-state index is 12.4. The van der Waals surface area contributed by atoms with E-state index in [9.17, 15) is 13.2 Å². The van der Waals surface area contributed by atoms with Crippen molar-refractivity contribution in [3.8, 4) is 5.75 Å². The van der Waals surface area contributed by atoms with Gasteiger partial charge >= 0.3 is 0 Å². The van der Waals surface area contributed by atoms with Crippen LogP contribution < -0.4 is 15.2 Å². The molecule has 6 nitrogen and oxygen atoms in total. The van der Waals surface area contributed by atoms with E-state index in [1.165, 1.54) is 12.1 Å². The minimum atomic E-state index is -3.71. The summed E-state index contributed by atoms with van der Waals surface area (Å²) in [5, 5.41) is 8.50. The van der Waals surface area contributed by atoms with E-state index in [2.05, 4.69) is 5.32 Å². The Balaban J connectivity index is 1.60. The number of rotatable bonds is 4. The van der Waals surface area contributed by atoms with Crippen LogP contribution >= 0.6 is 11.6 Å². The second kappa shape index (κ2) is 7.03. The number of sulfonamides is 1. The van der Waals surface area contributed by atoms with Crippen molar-refractivity contribution < 1.29 is 17.9 Å². The zero-order chi connectivity index (χ0) is 18.0. The van der Waals surface area contributed by atoms with Gasteiger partial charge in [0.05, 0.1) is 10.8 Å². The van der Waals surface area contributed by atoms with E-state index in [0.717, 1.165) is 16.9 Å². The molecule has 132 valence electrons. The molecule has 1 amide bonds. The van der Waals surface area contributed by atoms with E-state index in [1.807, 2.05) is 6.07 Å². The van der Waals surface area contributed by atoms with Crippen LogP contribution in [-0.4, -0.2) is 20.9 Å². The minimum absolute atomic E-state index is 0.0387. The Morgan fingerprint density at radius 2 is 1.96 bits per heavy atom. The number of hydrogen-bond donors (Lipinski definition) is 2. The lowest BCUT2D eigenvalue weighted by Crippen LogP contribution is -2.37. The molecule has 1 aliphatic rings. The molecule has 0 saturated heterocycles. The summed E-state index contributed by atoms with van der Waals surface area (Å²) >= 11 is 5.98. The largest absolute Gasteiger partial charge is 0.492 e. The van der Waals surface area contributed by atoms with Gasteiger partial charge in [-0.2, -0.15) is 0 Å². The fourth-order valence-corrected chi connectivity index (χ4v) is 3.37. The molecule has 3 N–H and O–H groups in total. The van der Waals surface area contributed by atoms with E-state index < -0.39 is 10.0 Å². The van der Waals surface area contributed by atoms with E-state index in [1.54, 1.807) is 24.3 Å². The van der Waals surface area contributed by atoms with Crippen LogP contribution in [0.4, 0.5) is 0 Å². The van der Waals surface area contributed by atoms with Crippen molar-refractivity contribution in [2.75, 3.05) is 6.61 Å². The summed E-state index contributed by atoms with van der Waals surface area (Å²) in [7, 11) is -3.71. The first-order valence-corrected chi connectivity index (χ1v) is 9.56. The van der Waals surface area contributed by atoms with Crippen molar-refractivity contribution >= 4 is 27.5 Å². The van der Waals surface area contributed by atoms with Gasteiger partial charge in [-0.15, -0.1) is 0 Å². The van der Waals surface area contributed by atoms with Gasteiger partial charge in [0.1, 0.15) is 12.4 Å². The van der Waals surface area contributed by atoms with Gasteiger partial charge in [-0.25, -0.2) is 13.6 Å². The minimum Gasteiger partial charge on any atom is -0.492 e. The molecule has 8 heteroatoms. The van der Waals surface area contributed by atoms with Crippen molar-refractivity contribution in [1.82, 2.24) is 5.32 Å². The molecule has 0 saturated carbocycles. The number of nitrogens with one attached hydrogen (secondary N) is 1. The molecule has 0 bridgehead atoms. The average molecular weight is 381 g/mol. The topological polar surface area (TPSA) is 98.5 Å². The van der Waals surface area contributed by atoms with Crippen molar-refractivity contribution in [2.24, 2.45) is 11.1 Å². The summed E-state index contributed by atoms with van der Waals surface area (Å²) in [5.74, 6) is 0.336. The maximum Gasteiger partial charge on any atom is 0.238 e. The third-order valence-electron chi connectivity index (χ3n) is 4.02. The number of primary sulfonamides is 1. The number of benzene rings is 2. The Morgan fingerprint density at radius 3 is 2.64 bits per heavy atom. The van der Waals surface area contributed by atoms with E-state index >= 15 is 0 Å². The zero-order valence-corrected chi connectivity index (χ0v) is 14.8. The van der Waals surface area contributed by atoms with Crippen LogP contribution in [-0.2, 0) is 27.8 Å². The lowest BCUT2D eigenvalue weighted by molar-refractivity contribution is -0.126. The van der Waals surface area contributed by atoms with Crippen molar-refractivity contribution in [2.45, 2.75) is 17.9 Å². The number of fused-ring (bicyclic) bond motifs is 1. The lowest BCUT2D eigenvalue weighted by atomic mass is 9.96. The van der Waals surface area contributed by atoms with Crippen LogP contribution in [0.1, 0.15) is 11.1 Å². The van der Waals surface area contributed by atoms with Crippen LogP contribution in [0.2, 0.25) is 5.02 Å². The van der Waals surface area contributed by atoms with Gasteiger partial charge in [-0.05, 0) is 47.9 Å². The first-order valence-electron chi connectivity index (χ1n) is 7.63. The normalized spacial score (nSPS) is 16.6. The standard InChI is InChI=1S/C17H17ClN2O4S/c18-14-3-6-16-12(8-14)7-13(10-24-16)17(21)20-9-11-1-4-15(5-2-11)25(19,22)23/h1-6,8,13H,7,9-10H2,(H,20,21)(H2,19,22,23)/t13-/m0/s1. The summed E-state index contributed by atoms with van der Waals surface area (Å²) in [4.78, 5) is 12.4. The summed E-state index contributed by atoms with van der Waals surface area (Å²) < 4.78 is 28.1. The van der Waals surface area contributed by atoms with Crippen LogP contribution in [0.15, 0.2) is 47.4 Å². The predicted molar refractivity (Wildman–Crippen MR) is 93.8 cm³/mol. The average Bonchev–Trinajstić information content (AvgIpc) is 2.58. The lowest BCUT2D eigenvalue weighted by Gasteiger charge is -2.24. The fourth-order valence-electron chi connectivity index (χ4n) is 2.66. The molecular formula is C17H17ClN2O4S. The van der Waals surface area contributed by atoms with Crippen molar-refractivity contribution in [3.63, 3.8) is 0 Å². The smallest absolute Gasteiger partial charge is 0.238 e. The highest BCUT2D eigenvalue weighted by atomic mass is 35.5. The Kier molecular flexibility index (Phi) is 4.99. The number of carbonyl (C=O) groups excluding carboxylic acids is 1.